The molecule has 1 aliphatic rings. The van der Waals surface area contributed by atoms with Crippen molar-refractivity contribution in [2.24, 2.45) is 4.99 Å². The zero-order valence-electron chi connectivity index (χ0n) is 13.7. The van der Waals surface area contributed by atoms with Crippen LogP contribution in [0.3, 0.4) is 0 Å². The van der Waals surface area contributed by atoms with Crippen LogP contribution in [-0.4, -0.2) is 29.8 Å². The van der Waals surface area contributed by atoms with Gasteiger partial charge in [-0.1, -0.05) is 0 Å². The van der Waals surface area contributed by atoms with E-state index in [2.05, 4.69) is 9.88 Å². The molecule has 0 fully saturated rings. The maximum absolute atomic E-state index is 10.6. The van der Waals surface area contributed by atoms with Crippen LogP contribution in [0.5, 0.6) is 0 Å². The normalized spacial score (nSPS) is 14.9. The largest absolute Gasteiger partial charge is 0.375 e. The summed E-state index contributed by atoms with van der Waals surface area (Å²) in [5.41, 5.74) is 1.80. The van der Waals surface area contributed by atoms with Crippen molar-refractivity contribution in [2.45, 2.75) is 20.0 Å². The van der Waals surface area contributed by atoms with Crippen LogP contribution in [0.4, 0.5) is 5.69 Å². The molecule has 0 bridgehead atoms. The van der Waals surface area contributed by atoms with Crippen LogP contribution in [0.2, 0.25) is 0 Å². The van der Waals surface area contributed by atoms with E-state index in [-0.39, 0.29) is 5.69 Å². The zero-order chi connectivity index (χ0) is 18.1. The summed E-state index contributed by atoms with van der Waals surface area (Å²) in [6, 6.07) is 6.24. The molecule has 132 valence electrons. The van der Waals surface area contributed by atoms with E-state index in [0.717, 1.165) is 11.3 Å². The predicted octanol–water partition coefficient (Wildman–Crippen LogP) is 2.89. The number of benzene rings is 1. The molecule has 0 amide bonds. The third-order valence-electron chi connectivity index (χ3n) is 3.17. The average molecular weight is 346 g/mol. The number of nitrogens with zero attached hydrogens (tertiary/aromatic N) is 2. The second kappa shape index (κ2) is 9.33. The Labute approximate surface area is 144 Å². The lowest BCUT2D eigenvalue weighted by Crippen LogP contribution is -2.06. The van der Waals surface area contributed by atoms with Crippen LogP contribution >= 0.6 is 0 Å². The van der Waals surface area contributed by atoms with Crippen LogP contribution in [-0.2, 0) is 25.9 Å². The number of hydrogen-bond acceptors (Lipinski definition) is 7. The van der Waals surface area contributed by atoms with Gasteiger partial charge in [-0.2, -0.15) is 0 Å². The van der Waals surface area contributed by atoms with Gasteiger partial charge in [0.15, 0.2) is 5.76 Å². The predicted molar refractivity (Wildman–Crippen MR) is 89.7 cm³/mol. The van der Waals surface area contributed by atoms with Gasteiger partial charge >= 0.3 is 5.97 Å². The van der Waals surface area contributed by atoms with Crippen molar-refractivity contribution in [1.29, 1.82) is 0 Å². The van der Waals surface area contributed by atoms with Crippen molar-refractivity contribution in [3.8, 4) is 0 Å². The molecular formula is C17H18N2O6. The molecule has 8 heteroatoms. The number of rotatable bonds is 8. The van der Waals surface area contributed by atoms with E-state index < -0.39 is 10.9 Å². The highest BCUT2D eigenvalue weighted by atomic mass is 17.2. The van der Waals surface area contributed by atoms with E-state index in [1.807, 2.05) is 0 Å². The lowest BCUT2D eigenvalue weighted by molar-refractivity contribution is -0.384. The Morgan fingerprint density at radius 3 is 2.64 bits per heavy atom. The first kappa shape index (κ1) is 18.3. The summed E-state index contributed by atoms with van der Waals surface area (Å²) in [6.45, 7) is 2.57. The highest BCUT2D eigenvalue weighted by molar-refractivity contribution is 5.97. The van der Waals surface area contributed by atoms with Crippen LogP contribution in [0, 0.1) is 10.1 Å². The molecule has 0 unspecified atom stereocenters. The number of allylic oxidation sites excluding steroid dienone is 3. The number of ether oxygens (including phenoxy) is 1. The van der Waals surface area contributed by atoms with Crippen molar-refractivity contribution in [3.05, 3.63) is 63.9 Å². The van der Waals surface area contributed by atoms with Gasteiger partial charge in [0, 0.05) is 31.2 Å². The molecule has 2 rings (SSSR count). The molecule has 0 aliphatic heterocycles. The van der Waals surface area contributed by atoms with Gasteiger partial charge in [-0.15, -0.1) is 0 Å². The third kappa shape index (κ3) is 6.56. The molecular weight excluding hydrogens is 328 g/mol. The molecule has 0 heterocycles. The maximum atomic E-state index is 10.6. The summed E-state index contributed by atoms with van der Waals surface area (Å²) in [5, 5.41) is 10.6. The molecule has 1 aromatic rings. The number of carbonyl (C=O) groups excluding carboxylic acids is 1. The summed E-state index contributed by atoms with van der Waals surface area (Å²) in [7, 11) is 0. The van der Waals surface area contributed by atoms with E-state index in [9.17, 15) is 14.9 Å². The molecule has 0 aromatic heterocycles. The molecule has 0 atom stereocenters. The summed E-state index contributed by atoms with van der Waals surface area (Å²) in [5.74, 6) is -0.0532. The lowest BCUT2D eigenvalue weighted by Gasteiger charge is -2.08. The Balaban J connectivity index is 1.66. The van der Waals surface area contributed by atoms with Crippen LogP contribution in [0.25, 0.3) is 0 Å². The van der Waals surface area contributed by atoms with E-state index >= 15 is 0 Å². The van der Waals surface area contributed by atoms with Gasteiger partial charge in [0.05, 0.1) is 24.7 Å². The van der Waals surface area contributed by atoms with Crippen molar-refractivity contribution in [3.63, 3.8) is 0 Å². The maximum Gasteiger partial charge on any atom is 0.352 e. The van der Waals surface area contributed by atoms with Gasteiger partial charge in [-0.05, 0) is 35.9 Å². The van der Waals surface area contributed by atoms with Gasteiger partial charge in [0.25, 0.3) is 5.69 Å². The number of carbonyl (C=O) groups is 1. The van der Waals surface area contributed by atoms with Crippen molar-refractivity contribution >= 4 is 17.4 Å². The minimum Gasteiger partial charge on any atom is -0.375 e. The molecule has 0 spiro atoms. The first-order valence-corrected chi connectivity index (χ1v) is 7.62. The molecule has 0 radical (unpaired) electrons. The fraction of sp³-hybridized carbons (Fsp3) is 0.294. The van der Waals surface area contributed by atoms with E-state index in [0.29, 0.717) is 31.9 Å². The van der Waals surface area contributed by atoms with E-state index in [1.54, 1.807) is 30.4 Å². The number of nitro benzene ring substituents is 1. The summed E-state index contributed by atoms with van der Waals surface area (Å²) < 4.78 is 5.50. The van der Waals surface area contributed by atoms with Crippen molar-refractivity contribution < 1.29 is 24.2 Å². The Morgan fingerprint density at radius 2 is 2.04 bits per heavy atom. The van der Waals surface area contributed by atoms with Crippen LogP contribution in [0.15, 0.2) is 53.2 Å². The van der Waals surface area contributed by atoms with E-state index in [1.165, 1.54) is 19.1 Å². The minimum atomic E-state index is -0.515. The fourth-order valence-corrected chi connectivity index (χ4v) is 1.96. The topological polar surface area (TPSA) is 100 Å². The van der Waals surface area contributed by atoms with Gasteiger partial charge in [0.2, 0.25) is 0 Å². The summed E-state index contributed by atoms with van der Waals surface area (Å²) in [4.78, 5) is 34.4. The molecule has 0 N–H and O–H groups in total. The van der Waals surface area contributed by atoms with Crippen molar-refractivity contribution in [1.82, 2.24) is 0 Å². The zero-order valence-corrected chi connectivity index (χ0v) is 13.7. The number of non-ortho nitro benzene ring substituents is 1. The van der Waals surface area contributed by atoms with Crippen LogP contribution in [0.1, 0.15) is 18.9 Å². The second-order valence-corrected chi connectivity index (χ2v) is 5.15. The Hall–Kier alpha value is -3.00. The lowest BCUT2D eigenvalue weighted by atomic mass is 10.1. The smallest absolute Gasteiger partial charge is 0.352 e. The number of aliphatic imine (C=N–C) groups is 1. The number of hydrogen-bond donors (Lipinski definition) is 0. The summed E-state index contributed by atoms with van der Waals surface area (Å²) >= 11 is 0. The monoisotopic (exact) mass is 346 g/mol. The fourth-order valence-electron chi connectivity index (χ4n) is 1.96. The van der Waals surface area contributed by atoms with Crippen LogP contribution < -0.4 is 0 Å². The standard InChI is InChI=1S/C17H18N2O6/c1-13(20)24-25-17-8-4-15(5-9-17)18-10-11-23-12-14-2-6-16(7-3-14)19(21)22/h2-4,6-9H,5,10-12H2,1H3. The molecule has 1 aliphatic carbocycles. The Kier molecular flexibility index (Phi) is 6.85. The second-order valence-electron chi connectivity index (χ2n) is 5.15. The SMILES string of the molecule is CC(=O)OOC1=CCC(=NCCOCc2ccc([N+](=O)[O-])cc2)C=C1. The molecule has 1 aromatic carbocycles. The molecule has 0 saturated carbocycles. The van der Waals surface area contributed by atoms with Crippen molar-refractivity contribution in [2.75, 3.05) is 13.2 Å². The molecule has 8 nitrogen and oxygen atoms in total. The first-order valence-electron chi connectivity index (χ1n) is 7.62. The average Bonchev–Trinajstić information content (AvgIpc) is 2.61. The molecule has 25 heavy (non-hydrogen) atoms. The minimum absolute atomic E-state index is 0.0596. The Morgan fingerprint density at radius 1 is 1.28 bits per heavy atom. The third-order valence-corrected chi connectivity index (χ3v) is 3.17. The van der Waals surface area contributed by atoms with Gasteiger partial charge in [0.1, 0.15) is 0 Å². The summed E-state index contributed by atoms with van der Waals surface area (Å²) in [6.07, 6.45) is 5.80. The highest BCUT2D eigenvalue weighted by Crippen LogP contribution is 2.13. The van der Waals surface area contributed by atoms with Gasteiger partial charge in [-0.3, -0.25) is 24.9 Å². The Bertz CT molecular complexity index is 706. The highest BCUT2D eigenvalue weighted by Gasteiger charge is 2.06. The van der Waals surface area contributed by atoms with E-state index in [4.69, 9.17) is 9.62 Å². The first-order chi connectivity index (χ1) is 12.0. The molecule has 0 saturated heterocycles. The van der Waals surface area contributed by atoms with Gasteiger partial charge < -0.3 is 4.74 Å². The number of nitro groups is 1. The van der Waals surface area contributed by atoms with Gasteiger partial charge in [-0.25, -0.2) is 4.79 Å². The quantitative estimate of drug-likeness (QED) is 0.310.